The van der Waals surface area contributed by atoms with E-state index in [9.17, 15) is 0 Å². The minimum atomic E-state index is -0.0666. The first kappa shape index (κ1) is 12.6. The molecule has 0 N–H and O–H groups in total. The SMILES string of the molecule is Cc1cc(C(Cl)c2ccc(Br)cc2)sc1Br. The highest BCUT2D eigenvalue weighted by molar-refractivity contribution is 9.11. The molecule has 0 spiro atoms. The van der Waals surface area contributed by atoms with Crippen LogP contribution in [0, 0.1) is 6.92 Å². The summed E-state index contributed by atoms with van der Waals surface area (Å²) in [6, 6.07) is 10.3. The zero-order chi connectivity index (χ0) is 11.7. The third-order valence-corrected chi connectivity index (χ3v) is 5.64. The number of thiophene rings is 1. The molecular formula is C12H9Br2ClS. The molecule has 0 nitrogen and oxygen atoms in total. The molecule has 1 aromatic carbocycles. The number of alkyl halides is 1. The van der Waals surface area contributed by atoms with E-state index >= 15 is 0 Å². The van der Waals surface area contributed by atoms with Gasteiger partial charge in [-0.25, -0.2) is 0 Å². The molecule has 1 aromatic heterocycles. The molecule has 0 aliphatic heterocycles. The van der Waals surface area contributed by atoms with Gasteiger partial charge < -0.3 is 0 Å². The molecule has 0 bridgehead atoms. The van der Waals surface area contributed by atoms with Crippen LogP contribution in [0.5, 0.6) is 0 Å². The second-order valence-corrected chi connectivity index (χ2v) is 7.27. The van der Waals surface area contributed by atoms with E-state index in [1.165, 1.54) is 10.4 Å². The van der Waals surface area contributed by atoms with Crippen LogP contribution in [0.15, 0.2) is 38.6 Å². The molecular weight excluding hydrogens is 371 g/mol. The third kappa shape index (κ3) is 2.70. The second kappa shape index (κ2) is 5.21. The summed E-state index contributed by atoms with van der Waals surface area (Å²) in [5.74, 6) is 0. The smallest absolute Gasteiger partial charge is 0.0928 e. The van der Waals surface area contributed by atoms with E-state index in [0.717, 1.165) is 13.8 Å². The predicted molar refractivity (Wildman–Crippen MR) is 78.6 cm³/mol. The maximum atomic E-state index is 6.44. The number of halogens is 3. The molecule has 1 heterocycles. The van der Waals surface area contributed by atoms with Crippen LogP contribution in [-0.4, -0.2) is 0 Å². The quantitative estimate of drug-likeness (QED) is 0.568. The van der Waals surface area contributed by atoms with Crippen molar-refractivity contribution in [2.24, 2.45) is 0 Å². The highest BCUT2D eigenvalue weighted by atomic mass is 79.9. The lowest BCUT2D eigenvalue weighted by Crippen LogP contribution is -1.89. The van der Waals surface area contributed by atoms with E-state index in [0.29, 0.717) is 0 Å². The van der Waals surface area contributed by atoms with E-state index in [2.05, 4.69) is 44.8 Å². The lowest BCUT2D eigenvalue weighted by Gasteiger charge is -2.07. The van der Waals surface area contributed by atoms with Gasteiger partial charge in [0.15, 0.2) is 0 Å². The molecule has 16 heavy (non-hydrogen) atoms. The van der Waals surface area contributed by atoms with E-state index in [1.807, 2.05) is 24.3 Å². The fraction of sp³-hybridized carbons (Fsp3) is 0.167. The van der Waals surface area contributed by atoms with Gasteiger partial charge in [0.25, 0.3) is 0 Å². The zero-order valence-corrected chi connectivity index (χ0v) is 13.3. The monoisotopic (exact) mass is 378 g/mol. The normalized spacial score (nSPS) is 12.8. The highest BCUT2D eigenvalue weighted by Crippen LogP contribution is 2.38. The van der Waals surface area contributed by atoms with Gasteiger partial charge in [-0.3, -0.25) is 0 Å². The summed E-state index contributed by atoms with van der Waals surface area (Å²) in [7, 11) is 0. The number of benzene rings is 1. The topological polar surface area (TPSA) is 0 Å². The van der Waals surface area contributed by atoms with Gasteiger partial charge in [-0.2, -0.15) is 0 Å². The van der Waals surface area contributed by atoms with Crippen molar-refractivity contribution in [3.05, 3.63) is 54.6 Å². The Kier molecular flexibility index (Phi) is 4.11. The predicted octanol–water partition coefficient (Wildman–Crippen LogP) is 5.91. The van der Waals surface area contributed by atoms with Gasteiger partial charge in [-0.1, -0.05) is 28.1 Å². The van der Waals surface area contributed by atoms with Crippen LogP contribution in [0.4, 0.5) is 0 Å². The maximum Gasteiger partial charge on any atom is 0.0928 e. The van der Waals surface area contributed by atoms with Crippen LogP contribution in [-0.2, 0) is 0 Å². The molecule has 2 rings (SSSR count). The van der Waals surface area contributed by atoms with Crippen molar-refractivity contribution in [1.29, 1.82) is 0 Å². The Morgan fingerprint density at radius 2 is 1.81 bits per heavy atom. The standard InChI is InChI=1S/C12H9Br2ClS/c1-7-6-10(16-12(7)14)11(15)8-2-4-9(13)5-3-8/h2-6,11H,1H3. The Labute approximate surface area is 121 Å². The Hall–Kier alpha value is 0.170. The average Bonchev–Trinajstić information content (AvgIpc) is 2.59. The summed E-state index contributed by atoms with van der Waals surface area (Å²) in [6.45, 7) is 2.08. The molecule has 0 amide bonds. The van der Waals surface area contributed by atoms with Crippen molar-refractivity contribution in [2.45, 2.75) is 12.3 Å². The van der Waals surface area contributed by atoms with Crippen LogP contribution in [0.1, 0.15) is 21.4 Å². The highest BCUT2D eigenvalue weighted by Gasteiger charge is 2.14. The van der Waals surface area contributed by atoms with Crippen molar-refractivity contribution in [3.8, 4) is 0 Å². The molecule has 0 saturated heterocycles. The van der Waals surface area contributed by atoms with Crippen molar-refractivity contribution in [3.63, 3.8) is 0 Å². The van der Waals surface area contributed by atoms with Gasteiger partial charge in [0, 0.05) is 9.35 Å². The molecule has 0 saturated carbocycles. The second-order valence-electron chi connectivity index (χ2n) is 3.52. The van der Waals surface area contributed by atoms with E-state index in [4.69, 9.17) is 11.6 Å². The van der Waals surface area contributed by atoms with Crippen molar-refractivity contribution in [1.82, 2.24) is 0 Å². The molecule has 0 fully saturated rings. The van der Waals surface area contributed by atoms with Crippen molar-refractivity contribution >= 4 is 54.8 Å². The lowest BCUT2D eigenvalue weighted by atomic mass is 10.1. The summed E-state index contributed by atoms with van der Waals surface area (Å²) in [4.78, 5) is 1.17. The van der Waals surface area contributed by atoms with E-state index < -0.39 is 0 Å². The minimum absolute atomic E-state index is 0.0666. The molecule has 1 atom stereocenters. The molecule has 0 radical (unpaired) electrons. The van der Waals surface area contributed by atoms with Gasteiger partial charge in [-0.15, -0.1) is 22.9 Å². The van der Waals surface area contributed by atoms with E-state index in [-0.39, 0.29) is 5.38 Å². The number of hydrogen-bond acceptors (Lipinski definition) is 1. The molecule has 4 heteroatoms. The van der Waals surface area contributed by atoms with Gasteiger partial charge in [0.2, 0.25) is 0 Å². The van der Waals surface area contributed by atoms with Gasteiger partial charge >= 0.3 is 0 Å². The molecule has 84 valence electrons. The number of aryl methyl sites for hydroxylation is 1. The van der Waals surface area contributed by atoms with Gasteiger partial charge in [0.1, 0.15) is 0 Å². The average molecular weight is 381 g/mol. The third-order valence-electron chi connectivity index (χ3n) is 2.29. The van der Waals surface area contributed by atoms with Crippen molar-refractivity contribution in [2.75, 3.05) is 0 Å². The van der Waals surface area contributed by atoms with Crippen LogP contribution < -0.4 is 0 Å². The van der Waals surface area contributed by atoms with Crippen LogP contribution in [0.25, 0.3) is 0 Å². The summed E-state index contributed by atoms with van der Waals surface area (Å²) in [5, 5.41) is -0.0666. The first-order valence-corrected chi connectivity index (χ1v) is 7.57. The number of rotatable bonds is 2. The Morgan fingerprint density at radius 3 is 2.31 bits per heavy atom. The molecule has 2 aromatic rings. The summed E-state index contributed by atoms with van der Waals surface area (Å²) in [5.41, 5.74) is 2.36. The van der Waals surface area contributed by atoms with Crippen LogP contribution in [0.3, 0.4) is 0 Å². The zero-order valence-electron chi connectivity index (χ0n) is 8.51. The first-order valence-electron chi connectivity index (χ1n) is 4.73. The minimum Gasteiger partial charge on any atom is -0.131 e. The molecule has 0 aliphatic rings. The summed E-state index contributed by atoms with van der Waals surface area (Å²) < 4.78 is 2.23. The molecule has 0 aliphatic carbocycles. The Balaban J connectivity index is 2.31. The van der Waals surface area contributed by atoms with E-state index in [1.54, 1.807) is 11.3 Å². The Bertz CT molecular complexity index is 471. The largest absolute Gasteiger partial charge is 0.131 e. The Morgan fingerprint density at radius 1 is 1.19 bits per heavy atom. The van der Waals surface area contributed by atoms with Crippen LogP contribution >= 0.6 is 54.8 Å². The number of hydrogen-bond donors (Lipinski definition) is 0. The lowest BCUT2D eigenvalue weighted by molar-refractivity contribution is 1.18. The van der Waals surface area contributed by atoms with Gasteiger partial charge in [-0.05, 0) is 52.2 Å². The van der Waals surface area contributed by atoms with Gasteiger partial charge in [0.05, 0.1) is 9.16 Å². The molecule has 1 unspecified atom stereocenters. The van der Waals surface area contributed by atoms with Crippen LogP contribution in [0.2, 0.25) is 0 Å². The maximum absolute atomic E-state index is 6.44. The fourth-order valence-electron chi connectivity index (χ4n) is 1.40. The van der Waals surface area contributed by atoms with Crippen molar-refractivity contribution < 1.29 is 0 Å². The fourth-order valence-corrected chi connectivity index (χ4v) is 3.59. The summed E-state index contributed by atoms with van der Waals surface area (Å²) in [6.07, 6.45) is 0. The first-order chi connectivity index (χ1) is 7.58. The summed E-state index contributed by atoms with van der Waals surface area (Å²) >= 11 is 15.1.